The zero-order chi connectivity index (χ0) is 31.1. The second kappa shape index (κ2) is 14.4. The second-order valence-corrected chi connectivity index (χ2v) is 13.4. The quantitative estimate of drug-likeness (QED) is 0.198. The first-order chi connectivity index (χ1) is 21.2. The van der Waals surface area contributed by atoms with Gasteiger partial charge in [0.15, 0.2) is 0 Å². The van der Waals surface area contributed by atoms with Crippen LogP contribution in [0, 0.1) is 5.92 Å². The Balaban J connectivity index is 1.03. The van der Waals surface area contributed by atoms with E-state index < -0.39 is 33.9 Å². The Morgan fingerprint density at radius 2 is 1.86 bits per heavy atom. The summed E-state index contributed by atoms with van der Waals surface area (Å²) in [6.07, 6.45) is 4.49. The molecule has 0 radical (unpaired) electrons. The molecule has 1 aromatic carbocycles. The number of hydrogen-bond acceptors (Lipinski definition) is 9. The molecule has 0 bridgehead atoms. The van der Waals surface area contributed by atoms with Crippen LogP contribution in [0.3, 0.4) is 0 Å². The zero-order valence-corrected chi connectivity index (χ0v) is 25.6. The van der Waals surface area contributed by atoms with E-state index in [-0.39, 0.29) is 36.9 Å². The maximum absolute atomic E-state index is 13.2. The number of sulfonamides is 1. The summed E-state index contributed by atoms with van der Waals surface area (Å²) < 4.78 is 27.6. The first kappa shape index (κ1) is 31.7. The number of carbonyl (C=O) groups excluding carboxylic acids is 2. The van der Waals surface area contributed by atoms with E-state index in [0.717, 1.165) is 75.6 Å². The highest BCUT2D eigenvalue weighted by molar-refractivity contribution is 7.89. The number of benzene rings is 1. The van der Waals surface area contributed by atoms with Gasteiger partial charge in [-0.05, 0) is 61.9 Å². The van der Waals surface area contributed by atoms with Crippen LogP contribution in [0.15, 0.2) is 41.3 Å². The van der Waals surface area contributed by atoms with Gasteiger partial charge in [-0.25, -0.2) is 18.2 Å². The van der Waals surface area contributed by atoms with E-state index in [4.69, 9.17) is 0 Å². The van der Waals surface area contributed by atoms with Gasteiger partial charge in [-0.1, -0.05) is 12.1 Å². The van der Waals surface area contributed by atoms with Crippen molar-refractivity contribution < 1.29 is 27.9 Å². The van der Waals surface area contributed by atoms with Crippen molar-refractivity contribution >= 4 is 39.3 Å². The van der Waals surface area contributed by atoms with Crippen molar-refractivity contribution in [2.45, 2.75) is 49.5 Å². The van der Waals surface area contributed by atoms with Gasteiger partial charge in [0.1, 0.15) is 11.9 Å². The third-order valence-electron chi connectivity index (χ3n) is 8.31. The van der Waals surface area contributed by atoms with Crippen LogP contribution in [0.4, 0.5) is 11.5 Å². The van der Waals surface area contributed by atoms with Gasteiger partial charge >= 0.3 is 5.97 Å². The summed E-state index contributed by atoms with van der Waals surface area (Å²) in [5.74, 6) is -1.86. The Labute approximate surface area is 257 Å². The van der Waals surface area contributed by atoms with Gasteiger partial charge in [-0.2, -0.15) is 4.31 Å². The first-order valence-electron chi connectivity index (χ1n) is 15.3. The molecule has 2 saturated heterocycles. The highest BCUT2D eigenvalue weighted by Crippen LogP contribution is 2.28. The molecule has 4 heterocycles. The van der Waals surface area contributed by atoms with E-state index in [9.17, 15) is 27.9 Å². The predicted octanol–water partition coefficient (Wildman–Crippen LogP) is 0.568. The third kappa shape index (κ3) is 7.85. The third-order valence-corrected chi connectivity index (χ3v) is 10.1. The molecule has 5 N–H and O–H groups in total. The number of aryl methyl sites for hydroxylation is 2. The zero-order valence-electron chi connectivity index (χ0n) is 24.8. The number of piperazine rings is 1. The van der Waals surface area contributed by atoms with Gasteiger partial charge in [0, 0.05) is 70.2 Å². The van der Waals surface area contributed by atoms with Gasteiger partial charge in [0.2, 0.25) is 21.8 Å². The molecule has 0 saturated carbocycles. The van der Waals surface area contributed by atoms with Crippen LogP contribution < -0.4 is 26.2 Å². The van der Waals surface area contributed by atoms with E-state index in [1.54, 1.807) is 18.2 Å². The molecule has 2 amide bonds. The Hall–Kier alpha value is -3.75. The van der Waals surface area contributed by atoms with Crippen molar-refractivity contribution in [2.75, 3.05) is 62.6 Å². The largest absolute Gasteiger partial charge is 0.480 e. The number of aromatic nitrogens is 1. The molecule has 0 spiro atoms. The maximum Gasteiger partial charge on any atom is 0.328 e. The molecule has 0 aliphatic carbocycles. The topological polar surface area (TPSA) is 173 Å². The fourth-order valence-electron chi connectivity index (χ4n) is 5.61. The molecule has 3 aliphatic heterocycles. The van der Waals surface area contributed by atoms with E-state index in [0.29, 0.717) is 6.42 Å². The molecule has 13 nitrogen and oxygen atoms in total. The van der Waals surface area contributed by atoms with Crippen LogP contribution in [-0.2, 0) is 37.2 Å². The van der Waals surface area contributed by atoms with E-state index in [1.165, 1.54) is 9.87 Å². The number of fused-ring (bicyclic) bond motifs is 1. The average molecular weight is 628 g/mol. The number of unbranched alkanes of at least 4 members (excludes halogenated alkanes) is 1. The van der Waals surface area contributed by atoms with Gasteiger partial charge in [0.25, 0.3) is 0 Å². The number of aliphatic carboxylic acids is 1. The normalized spacial score (nSPS) is 18.0. The molecule has 44 heavy (non-hydrogen) atoms. The van der Waals surface area contributed by atoms with E-state index >= 15 is 0 Å². The molecule has 5 rings (SSSR count). The smallest absolute Gasteiger partial charge is 0.328 e. The summed E-state index contributed by atoms with van der Waals surface area (Å²) in [6.45, 7) is 3.80. The van der Waals surface area contributed by atoms with Crippen LogP contribution >= 0.6 is 0 Å². The first-order valence-corrected chi connectivity index (χ1v) is 16.7. The number of rotatable bonds is 13. The number of hydrogen-bond donors (Lipinski definition) is 5. The van der Waals surface area contributed by atoms with Gasteiger partial charge in [-0.15, -0.1) is 0 Å². The minimum atomic E-state index is -3.80. The lowest BCUT2D eigenvalue weighted by Crippen LogP contribution is -2.58. The Kier molecular flexibility index (Phi) is 10.3. The number of pyridine rings is 1. The lowest BCUT2D eigenvalue weighted by molar-refractivity contribution is -0.143. The molecular formula is C30H41N7O6S. The van der Waals surface area contributed by atoms with Crippen LogP contribution in [0.2, 0.25) is 0 Å². The molecule has 1 atom stereocenters. The SMILES string of the molecule is O=C(CCCCc1ccc2c(n1)NCCC2)NC[C@H](NC(=O)C1CN(S(=O)(=O)c2cccc(N3CCNCC3)c2)C1)C(=O)O. The molecule has 14 heteroatoms. The fourth-order valence-corrected chi connectivity index (χ4v) is 7.18. The molecule has 2 aromatic rings. The number of amides is 2. The van der Waals surface area contributed by atoms with Crippen LogP contribution in [-0.4, -0.2) is 99.0 Å². The maximum atomic E-state index is 13.2. The van der Waals surface area contributed by atoms with E-state index in [1.807, 2.05) is 12.1 Å². The highest BCUT2D eigenvalue weighted by Gasteiger charge is 2.41. The standard InChI is InChI=1S/C30H41N7O6S/c38-27(9-2-1-6-23-11-10-21-5-4-12-32-28(21)34-23)33-18-26(30(40)41)35-29(39)22-19-37(20-22)44(42,43)25-8-3-7-24(17-25)36-15-13-31-14-16-36/h3,7-8,10-11,17,22,26,31H,1-2,4-6,9,12-16,18-20H2,(H,32,34)(H,33,38)(H,35,39)(H,40,41)/t26-/m0/s1. The fraction of sp³-hybridized carbons (Fsp3) is 0.533. The summed E-state index contributed by atoms with van der Waals surface area (Å²) in [5, 5.41) is 21.2. The van der Waals surface area contributed by atoms with Gasteiger partial charge in [0.05, 0.1) is 10.8 Å². The molecular weight excluding hydrogens is 586 g/mol. The van der Waals surface area contributed by atoms with Crippen molar-refractivity contribution in [1.29, 1.82) is 0 Å². The summed E-state index contributed by atoms with van der Waals surface area (Å²) in [7, 11) is -3.80. The number of carboxylic acid groups (broad SMARTS) is 1. The number of carboxylic acids is 1. The number of nitrogens with one attached hydrogen (secondary N) is 4. The lowest BCUT2D eigenvalue weighted by Gasteiger charge is -2.37. The van der Waals surface area contributed by atoms with Crippen LogP contribution in [0.5, 0.6) is 0 Å². The monoisotopic (exact) mass is 627 g/mol. The van der Waals surface area contributed by atoms with Crippen LogP contribution in [0.1, 0.15) is 36.9 Å². The lowest BCUT2D eigenvalue weighted by atomic mass is 10.0. The minimum Gasteiger partial charge on any atom is -0.480 e. The van der Waals surface area contributed by atoms with Crippen molar-refractivity contribution in [3.8, 4) is 0 Å². The van der Waals surface area contributed by atoms with Crippen molar-refractivity contribution in [1.82, 2.24) is 25.2 Å². The molecule has 3 aliphatic rings. The van der Waals surface area contributed by atoms with Gasteiger partial charge < -0.3 is 31.3 Å². The minimum absolute atomic E-state index is 0.0418. The number of anilines is 2. The molecule has 1 aromatic heterocycles. The Morgan fingerprint density at radius 1 is 1.07 bits per heavy atom. The second-order valence-electron chi connectivity index (χ2n) is 11.5. The summed E-state index contributed by atoms with van der Waals surface area (Å²) in [5.41, 5.74) is 3.03. The summed E-state index contributed by atoms with van der Waals surface area (Å²) in [6, 6.07) is 9.59. The average Bonchev–Trinajstić information content (AvgIpc) is 3.00. The molecule has 0 unspecified atom stereocenters. The summed E-state index contributed by atoms with van der Waals surface area (Å²) in [4.78, 5) is 43.8. The Bertz CT molecular complexity index is 1460. The molecule has 2 fully saturated rings. The van der Waals surface area contributed by atoms with Crippen molar-refractivity contribution in [2.24, 2.45) is 5.92 Å². The van der Waals surface area contributed by atoms with Gasteiger partial charge in [-0.3, -0.25) is 9.59 Å². The Morgan fingerprint density at radius 3 is 2.64 bits per heavy atom. The summed E-state index contributed by atoms with van der Waals surface area (Å²) >= 11 is 0. The number of nitrogens with zero attached hydrogens (tertiary/aromatic N) is 3. The number of carbonyl (C=O) groups is 3. The van der Waals surface area contributed by atoms with E-state index in [2.05, 4.69) is 37.2 Å². The predicted molar refractivity (Wildman–Crippen MR) is 165 cm³/mol. The molecule has 238 valence electrons. The highest BCUT2D eigenvalue weighted by atomic mass is 32.2. The van der Waals surface area contributed by atoms with Crippen LogP contribution in [0.25, 0.3) is 0 Å². The van der Waals surface area contributed by atoms with Crippen molar-refractivity contribution in [3.63, 3.8) is 0 Å². The van der Waals surface area contributed by atoms with Crippen molar-refractivity contribution in [3.05, 3.63) is 47.7 Å².